The van der Waals surface area contributed by atoms with E-state index in [1.54, 1.807) is 24.2 Å². The summed E-state index contributed by atoms with van der Waals surface area (Å²) >= 11 is 8.82. The van der Waals surface area contributed by atoms with Gasteiger partial charge in [0.1, 0.15) is 6.33 Å². The highest BCUT2D eigenvalue weighted by molar-refractivity contribution is 8.00. The largest absolute Gasteiger partial charge is 0.398 e. The molecule has 1 aromatic heterocycles. The van der Waals surface area contributed by atoms with Gasteiger partial charge in [-0.3, -0.25) is 0 Å². The summed E-state index contributed by atoms with van der Waals surface area (Å²) in [6.45, 7) is 0. The van der Waals surface area contributed by atoms with E-state index in [-0.39, 0.29) is 0 Å². The third kappa shape index (κ3) is 2.84. The number of anilines is 1. The van der Waals surface area contributed by atoms with E-state index in [1.807, 2.05) is 12.1 Å². The molecule has 2 aromatic rings. The van der Waals surface area contributed by atoms with Gasteiger partial charge in [-0.1, -0.05) is 29.4 Å². The lowest BCUT2D eigenvalue weighted by atomic mass is 10.2. The molecule has 1 aromatic carbocycles. The Balaban J connectivity index is 2.05. The van der Waals surface area contributed by atoms with Crippen LogP contribution < -0.4 is 5.73 Å². The molecule has 6 heteroatoms. The number of nitrogens with two attached hydrogens (primary N) is 1. The monoisotopic (exact) mass is 257 g/mol. The lowest BCUT2D eigenvalue weighted by Gasteiger charge is -2.03. The van der Waals surface area contributed by atoms with Gasteiger partial charge in [-0.25, -0.2) is 4.98 Å². The Hall–Kier alpha value is -0.780. The summed E-state index contributed by atoms with van der Waals surface area (Å²) in [5.41, 5.74) is 7.62. The second-order valence-electron chi connectivity index (χ2n) is 2.84. The molecule has 2 N–H and O–H groups in total. The second kappa shape index (κ2) is 4.83. The Morgan fingerprint density at radius 3 is 3.00 bits per heavy atom. The average molecular weight is 258 g/mol. The molecule has 0 spiro atoms. The summed E-state index contributed by atoms with van der Waals surface area (Å²) < 4.78 is 4.88. The molecular weight excluding hydrogens is 250 g/mol. The van der Waals surface area contributed by atoms with E-state index in [1.165, 1.54) is 11.5 Å². The standard InChI is InChI=1S/C9H8ClN3S2/c10-7-2-1-6(8(11)3-7)4-14-9-12-5-13-15-9/h1-3,5H,4,11H2. The highest BCUT2D eigenvalue weighted by Gasteiger charge is 2.03. The highest BCUT2D eigenvalue weighted by atomic mass is 35.5. The van der Waals surface area contributed by atoms with E-state index < -0.39 is 0 Å². The van der Waals surface area contributed by atoms with Crippen LogP contribution in [0.15, 0.2) is 28.9 Å². The number of rotatable bonds is 3. The predicted molar refractivity (Wildman–Crippen MR) is 65.3 cm³/mol. The van der Waals surface area contributed by atoms with Crippen molar-refractivity contribution >= 4 is 40.6 Å². The molecular formula is C9H8ClN3S2. The molecule has 15 heavy (non-hydrogen) atoms. The predicted octanol–water partition coefficient (Wildman–Crippen LogP) is 3.07. The SMILES string of the molecule is Nc1cc(Cl)ccc1CSc1ncns1. The minimum Gasteiger partial charge on any atom is -0.398 e. The van der Waals surface area contributed by atoms with Crippen LogP contribution in [0.5, 0.6) is 0 Å². The van der Waals surface area contributed by atoms with Gasteiger partial charge < -0.3 is 5.73 Å². The average Bonchev–Trinajstić information content (AvgIpc) is 2.69. The van der Waals surface area contributed by atoms with Crippen molar-refractivity contribution in [1.29, 1.82) is 0 Å². The number of hydrogen-bond donors (Lipinski definition) is 1. The number of benzene rings is 1. The molecule has 1 heterocycles. The zero-order valence-corrected chi connectivity index (χ0v) is 10.1. The van der Waals surface area contributed by atoms with Crippen LogP contribution in [0.3, 0.4) is 0 Å². The normalized spacial score (nSPS) is 10.5. The molecule has 0 amide bonds. The Bertz CT molecular complexity index is 445. The molecule has 0 atom stereocenters. The maximum absolute atomic E-state index is 5.83. The quantitative estimate of drug-likeness (QED) is 0.678. The van der Waals surface area contributed by atoms with Gasteiger partial charge in [0.05, 0.1) is 0 Å². The van der Waals surface area contributed by atoms with Crippen molar-refractivity contribution in [3.05, 3.63) is 35.1 Å². The van der Waals surface area contributed by atoms with Gasteiger partial charge in [-0.2, -0.15) is 4.37 Å². The van der Waals surface area contributed by atoms with Crippen molar-refractivity contribution in [2.45, 2.75) is 10.1 Å². The topological polar surface area (TPSA) is 51.8 Å². The number of halogens is 1. The van der Waals surface area contributed by atoms with E-state index in [0.29, 0.717) is 5.02 Å². The van der Waals surface area contributed by atoms with Crippen molar-refractivity contribution < 1.29 is 0 Å². The van der Waals surface area contributed by atoms with Crippen LogP contribution in [0.4, 0.5) is 5.69 Å². The Morgan fingerprint density at radius 1 is 1.47 bits per heavy atom. The van der Waals surface area contributed by atoms with Crippen molar-refractivity contribution in [3.8, 4) is 0 Å². The van der Waals surface area contributed by atoms with Gasteiger partial charge in [0.25, 0.3) is 0 Å². The minimum atomic E-state index is 0.664. The molecule has 0 bridgehead atoms. The van der Waals surface area contributed by atoms with Crippen LogP contribution in [-0.2, 0) is 5.75 Å². The van der Waals surface area contributed by atoms with E-state index in [2.05, 4.69) is 9.36 Å². The first-order chi connectivity index (χ1) is 7.25. The Kier molecular flexibility index (Phi) is 3.45. The van der Waals surface area contributed by atoms with Crippen molar-refractivity contribution in [2.75, 3.05) is 5.73 Å². The first-order valence-corrected chi connectivity index (χ1v) is 6.33. The minimum absolute atomic E-state index is 0.664. The molecule has 0 aliphatic carbocycles. The van der Waals surface area contributed by atoms with Crippen LogP contribution in [0.2, 0.25) is 5.02 Å². The summed E-state index contributed by atoms with van der Waals surface area (Å²) in [5, 5.41) is 0.664. The molecule has 0 saturated carbocycles. The summed E-state index contributed by atoms with van der Waals surface area (Å²) in [4.78, 5) is 4.08. The summed E-state index contributed by atoms with van der Waals surface area (Å²) in [6, 6.07) is 5.54. The fraction of sp³-hybridized carbons (Fsp3) is 0.111. The van der Waals surface area contributed by atoms with Crippen LogP contribution in [0.25, 0.3) is 0 Å². The maximum Gasteiger partial charge on any atom is 0.170 e. The lowest BCUT2D eigenvalue weighted by molar-refractivity contribution is 1.21. The van der Waals surface area contributed by atoms with E-state index in [9.17, 15) is 0 Å². The number of aromatic nitrogens is 2. The Labute approximate surface area is 101 Å². The molecule has 78 valence electrons. The molecule has 0 aliphatic rings. The first-order valence-electron chi connectivity index (χ1n) is 4.19. The van der Waals surface area contributed by atoms with E-state index >= 15 is 0 Å². The van der Waals surface area contributed by atoms with Crippen molar-refractivity contribution in [2.24, 2.45) is 0 Å². The van der Waals surface area contributed by atoms with E-state index in [4.69, 9.17) is 17.3 Å². The fourth-order valence-electron chi connectivity index (χ4n) is 1.06. The zero-order chi connectivity index (χ0) is 10.7. The lowest BCUT2D eigenvalue weighted by Crippen LogP contribution is -1.91. The van der Waals surface area contributed by atoms with Crippen LogP contribution in [-0.4, -0.2) is 9.36 Å². The van der Waals surface area contributed by atoms with Gasteiger partial charge in [0.15, 0.2) is 4.34 Å². The van der Waals surface area contributed by atoms with Gasteiger partial charge in [0.2, 0.25) is 0 Å². The van der Waals surface area contributed by atoms with Gasteiger partial charge in [-0.05, 0) is 29.2 Å². The second-order valence-corrected chi connectivity index (χ2v) is 5.28. The molecule has 0 radical (unpaired) electrons. The first kappa shape index (κ1) is 10.7. The number of hydrogen-bond acceptors (Lipinski definition) is 5. The Morgan fingerprint density at radius 2 is 2.33 bits per heavy atom. The van der Waals surface area contributed by atoms with Gasteiger partial charge >= 0.3 is 0 Å². The molecule has 3 nitrogen and oxygen atoms in total. The van der Waals surface area contributed by atoms with E-state index in [0.717, 1.165) is 21.3 Å². The molecule has 2 rings (SSSR count). The molecule has 0 saturated heterocycles. The highest BCUT2D eigenvalue weighted by Crippen LogP contribution is 2.27. The zero-order valence-electron chi connectivity index (χ0n) is 7.68. The molecule has 0 unspecified atom stereocenters. The summed E-state index contributed by atoms with van der Waals surface area (Å²) in [6.07, 6.45) is 1.55. The van der Waals surface area contributed by atoms with Gasteiger partial charge in [0, 0.05) is 16.5 Å². The van der Waals surface area contributed by atoms with Crippen LogP contribution >= 0.6 is 34.9 Å². The summed E-state index contributed by atoms with van der Waals surface area (Å²) in [5.74, 6) is 0.790. The smallest absolute Gasteiger partial charge is 0.170 e. The van der Waals surface area contributed by atoms with Crippen molar-refractivity contribution in [1.82, 2.24) is 9.36 Å². The van der Waals surface area contributed by atoms with Gasteiger partial charge in [-0.15, -0.1) is 0 Å². The summed E-state index contributed by atoms with van der Waals surface area (Å²) in [7, 11) is 0. The fourth-order valence-corrected chi connectivity index (χ4v) is 2.70. The van der Waals surface area contributed by atoms with Crippen LogP contribution in [0, 0.1) is 0 Å². The maximum atomic E-state index is 5.83. The molecule has 0 fully saturated rings. The third-order valence-electron chi connectivity index (χ3n) is 1.80. The van der Waals surface area contributed by atoms with Crippen molar-refractivity contribution in [3.63, 3.8) is 0 Å². The third-order valence-corrected chi connectivity index (χ3v) is 3.88. The number of nitrogen functional groups attached to an aromatic ring is 1. The number of nitrogens with zero attached hydrogens (tertiary/aromatic N) is 2. The number of thioether (sulfide) groups is 1. The van der Waals surface area contributed by atoms with Crippen LogP contribution in [0.1, 0.15) is 5.56 Å². The molecule has 0 aliphatic heterocycles.